The number of rotatable bonds is 14. The Balaban J connectivity index is 0.00000342. The molecular weight excluding hydrogens is 690 g/mol. The van der Waals surface area contributed by atoms with E-state index in [0.29, 0.717) is 30.6 Å². The van der Waals surface area contributed by atoms with Crippen LogP contribution in [0.5, 0.6) is 0 Å². The fraction of sp³-hybridized carbons (Fsp3) is 0.680. The smallest absolute Gasteiger partial charge is 0.234 e. The van der Waals surface area contributed by atoms with Crippen molar-refractivity contribution in [3.8, 4) is 0 Å². The van der Waals surface area contributed by atoms with Crippen molar-refractivity contribution in [3.63, 3.8) is 0 Å². The molecule has 37 heavy (non-hydrogen) atoms. The number of amides is 2. The van der Waals surface area contributed by atoms with E-state index in [1.807, 2.05) is 12.1 Å². The molecule has 2 N–H and O–H groups in total. The molecule has 2 saturated heterocycles. The zero-order valence-corrected chi connectivity index (χ0v) is 25.8. The molecule has 4 atom stereocenters. The van der Waals surface area contributed by atoms with Gasteiger partial charge >= 0.3 is 0 Å². The Morgan fingerprint density at radius 2 is 1.86 bits per heavy atom. The van der Waals surface area contributed by atoms with Gasteiger partial charge in [0.2, 0.25) is 11.8 Å². The number of hydrogen-bond acceptors (Lipinski definition) is 7. The number of fused-ring (bicyclic) bond motifs is 2. The Bertz CT molecular complexity index is 826. The third-order valence-corrected chi connectivity index (χ3v) is 7.59. The van der Waals surface area contributed by atoms with Crippen molar-refractivity contribution in [2.75, 3.05) is 58.1 Å². The van der Waals surface area contributed by atoms with Crippen LogP contribution in [0.2, 0.25) is 0 Å². The van der Waals surface area contributed by atoms with Crippen LogP contribution in [0.25, 0.3) is 0 Å². The van der Waals surface area contributed by atoms with Crippen molar-refractivity contribution in [1.29, 1.82) is 0 Å². The first-order valence-electron chi connectivity index (χ1n) is 12.5. The topological polar surface area (TPSA) is 102 Å². The van der Waals surface area contributed by atoms with E-state index < -0.39 is 0 Å². The Hall–Kier alpha value is -0.708. The average molecular weight is 729 g/mol. The maximum atomic E-state index is 13.6. The molecule has 2 aliphatic heterocycles. The Labute approximate surface area is 244 Å². The number of nitrogens with one attached hydrogen (secondary N) is 2. The Kier molecular flexibility index (Phi) is 16.5. The van der Waals surface area contributed by atoms with Gasteiger partial charge in [0.05, 0.1) is 12.5 Å². The van der Waals surface area contributed by atoms with Crippen molar-refractivity contribution in [3.05, 3.63) is 35.6 Å². The zero-order chi connectivity index (χ0) is 25.2. The summed E-state index contributed by atoms with van der Waals surface area (Å²) in [4.78, 5) is 30.1. The largest absolute Gasteiger partial charge is 2.00 e. The second kappa shape index (κ2) is 17.8. The van der Waals surface area contributed by atoms with Crippen LogP contribution in [-0.2, 0) is 40.2 Å². The molecule has 12 heteroatoms. The summed E-state index contributed by atoms with van der Waals surface area (Å²) in [6.07, 6.45) is 3.82. The van der Waals surface area contributed by atoms with Gasteiger partial charge in [-0.05, 0) is 62.4 Å². The molecule has 0 spiro atoms. The minimum absolute atomic E-state index is 0. The number of piperidine rings is 1. The van der Waals surface area contributed by atoms with E-state index >= 15 is 0 Å². The van der Waals surface area contributed by atoms with Gasteiger partial charge in [-0.3, -0.25) is 19.4 Å². The van der Waals surface area contributed by atoms with Crippen molar-refractivity contribution in [2.45, 2.75) is 43.7 Å². The average Bonchev–Trinajstić information content (AvgIpc) is 3.12. The number of halogens is 1. The predicted octanol–water partition coefficient (Wildman–Crippen LogP) is 2.03. The quantitative estimate of drug-likeness (QED) is 0.174. The van der Waals surface area contributed by atoms with Gasteiger partial charge in [-0.2, -0.15) is 25.3 Å². The van der Waals surface area contributed by atoms with Crippen molar-refractivity contribution >= 4 is 37.1 Å². The molecular formula is C25H39FN4O4ReS2-2. The number of methoxy groups -OCH3 is 1. The van der Waals surface area contributed by atoms with Gasteiger partial charge in [-0.15, -0.1) is 0 Å². The number of hydrogen-bond donors (Lipinski definition) is 4. The predicted molar refractivity (Wildman–Crippen MR) is 143 cm³/mol. The van der Waals surface area contributed by atoms with Crippen LogP contribution in [0, 0.1) is 11.7 Å². The maximum absolute atomic E-state index is 13.6. The standard InChI is InChI=1S/C25H39FN4O3S2.O.Re/c1-33-17-28-25(32)24-21(18-3-5-19(26)6-4-18)15-20-7-8-22(24)30(20)11-2-10-29(12-14-35)16-23(31)27-9-13-34;;/h3-6,20-22,24,34-35H,2,7-17H2,1H3,(H,27,31)(H,28,32);;/q;-2;/t20?,21-,22-,24+;;/m1../s1. The summed E-state index contributed by atoms with van der Waals surface area (Å²) in [6, 6.07) is 7.14. The summed E-state index contributed by atoms with van der Waals surface area (Å²) >= 11 is 8.50. The monoisotopic (exact) mass is 729 g/mol. The first-order valence-corrected chi connectivity index (χ1v) is 13.7. The molecule has 8 nitrogen and oxygen atoms in total. The SMILES string of the molecule is COCNC(=O)[C@H]1[C@@H](c2ccc(F)cc2)CC2CC[C@H]1N2CCCN(CCS)CC(=O)NCCS.[O-2].[Re]. The van der Waals surface area contributed by atoms with Gasteiger partial charge in [0.1, 0.15) is 12.5 Å². The molecule has 2 heterocycles. The Morgan fingerprint density at radius 1 is 1.14 bits per heavy atom. The molecule has 0 aliphatic carbocycles. The van der Waals surface area contributed by atoms with Gasteiger partial charge in [0.15, 0.2) is 0 Å². The van der Waals surface area contributed by atoms with E-state index in [9.17, 15) is 14.0 Å². The molecule has 1 aromatic carbocycles. The summed E-state index contributed by atoms with van der Waals surface area (Å²) < 4.78 is 18.7. The van der Waals surface area contributed by atoms with E-state index in [0.717, 1.165) is 50.9 Å². The van der Waals surface area contributed by atoms with Crippen LogP contribution >= 0.6 is 25.3 Å². The van der Waals surface area contributed by atoms with E-state index in [-0.39, 0.29) is 68.1 Å². The molecule has 1 aromatic rings. The van der Waals surface area contributed by atoms with Gasteiger partial charge in [-0.25, -0.2) is 4.39 Å². The summed E-state index contributed by atoms with van der Waals surface area (Å²) in [5.74, 6) is 0.890. The van der Waals surface area contributed by atoms with Crippen LogP contribution in [0.3, 0.4) is 0 Å². The summed E-state index contributed by atoms with van der Waals surface area (Å²) in [6.45, 7) is 3.52. The second-order valence-corrected chi connectivity index (χ2v) is 10.3. The number of carbonyl (C=O) groups excluding carboxylic acids is 2. The minimum Gasteiger partial charge on any atom is -2.00 e. The normalized spacial score (nSPS) is 22.7. The van der Waals surface area contributed by atoms with Crippen LogP contribution in [0.15, 0.2) is 24.3 Å². The number of carbonyl (C=O) groups is 2. The van der Waals surface area contributed by atoms with Crippen LogP contribution in [0.1, 0.15) is 37.2 Å². The molecule has 2 aliphatic rings. The molecule has 2 fully saturated rings. The van der Waals surface area contributed by atoms with E-state index in [4.69, 9.17) is 4.74 Å². The number of thiol groups is 2. The third-order valence-electron chi connectivity index (χ3n) is 7.16. The van der Waals surface area contributed by atoms with E-state index in [2.05, 4.69) is 45.7 Å². The number of ether oxygens (including phenoxy) is 1. The van der Waals surface area contributed by atoms with Gasteiger partial charge in [-0.1, -0.05) is 12.1 Å². The molecule has 211 valence electrons. The molecule has 0 saturated carbocycles. The summed E-state index contributed by atoms with van der Waals surface area (Å²) in [7, 11) is 1.56. The fourth-order valence-electron chi connectivity index (χ4n) is 5.68. The number of benzene rings is 1. The number of nitrogens with zero attached hydrogens (tertiary/aromatic N) is 2. The Morgan fingerprint density at radius 3 is 2.51 bits per heavy atom. The van der Waals surface area contributed by atoms with Crippen molar-refractivity contribution < 1.29 is 44.6 Å². The molecule has 2 amide bonds. The third kappa shape index (κ3) is 9.76. The second-order valence-electron chi connectivity index (χ2n) is 9.36. The fourth-order valence-corrected chi connectivity index (χ4v) is 6.07. The molecule has 3 rings (SSSR count). The van der Waals surface area contributed by atoms with E-state index in [1.54, 1.807) is 7.11 Å². The minimum atomic E-state index is -0.264. The van der Waals surface area contributed by atoms with Gasteiger partial charge in [0.25, 0.3) is 0 Å². The van der Waals surface area contributed by atoms with Crippen molar-refractivity contribution in [1.82, 2.24) is 20.4 Å². The van der Waals surface area contributed by atoms with Crippen LogP contribution in [0.4, 0.5) is 4.39 Å². The molecule has 2 bridgehead atoms. The van der Waals surface area contributed by atoms with Crippen LogP contribution in [-0.4, -0.2) is 91.8 Å². The summed E-state index contributed by atoms with van der Waals surface area (Å²) in [5.41, 5.74) is 1.02. The van der Waals surface area contributed by atoms with E-state index in [1.165, 1.54) is 12.1 Å². The summed E-state index contributed by atoms with van der Waals surface area (Å²) in [5, 5.41) is 5.79. The van der Waals surface area contributed by atoms with Gasteiger partial charge in [0, 0.05) is 64.2 Å². The molecule has 1 radical (unpaired) electrons. The zero-order valence-electron chi connectivity index (χ0n) is 21.3. The van der Waals surface area contributed by atoms with Crippen molar-refractivity contribution in [2.24, 2.45) is 5.92 Å². The first-order chi connectivity index (χ1) is 17.0. The maximum Gasteiger partial charge on any atom is 0.234 e. The van der Waals surface area contributed by atoms with Gasteiger partial charge < -0.3 is 20.8 Å². The first kappa shape index (κ1) is 34.3. The molecule has 1 unspecified atom stereocenters. The molecule has 0 aromatic heterocycles. The van der Waals surface area contributed by atoms with Crippen LogP contribution < -0.4 is 10.6 Å².